The normalized spacial score (nSPS) is 21.8. The number of aromatic nitrogens is 3. The highest BCUT2D eigenvalue weighted by Crippen LogP contribution is 2.40. The van der Waals surface area contributed by atoms with Crippen molar-refractivity contribution < 1.29 is 23.7 Å². The van der Waals surface area contributed by atoms with Gasteiger partial charge < -0.3 is 28.7 Å². The molecular weight excluding hydrogens is 521 g/mol. The van der Waals surface area contributed by atoms with Gasteiger partial charge in [0.1, 0.15) is 37.7 Å². The molecule has 0 radical (unpaired) electrons. The molecule has 12 heteroatoms. The van der Waals surface area contributed by atoms with E-state index >= 15 is 0 Å². The summed E-state index contributed by atoms with van der Waals surface area (Å²) in [6.45, 7) is 3.60. The molecule has 3 aromatic rings. The number of nitrogens with zero attached hydrogens (tertiary/aromatic N) is 5. The van der Waals surface area contributed by atoms with Gasteiger partial charge >= 0.3 is 6.09 Å². The van der Waals surface area contributed by atoms with Crippen molar-refractivity contribution in [2.24, 2.45) is 0 Å². The molecular formula is C25H27Cl2N5O5. The number of halogens is 2. The second-order valence-corrected chi connectivity index (χ2v) is 9.61. The molecule has 2 saturated heterocycles. The van der Waals surface area contributed by atoms with Crippen LogP contribution in [0.5, 0.6) is 5.75 Å². The largest absolute Gasteiger partial charge is 0.491 e. The lowest BCUT2D eigenvalue weighted by atomic mass is 10.1. The summed E-state index contributed by atoms with van der Waals surface area (Å²) in [5.41, 5.74) is 1.73. The number of benzene rings is 2. The van der Waals surface area contributed by atoms with Crippen LogP contribution in [0.2, 0.25) is 10.0 Å². The summed E-state index contributed by atoms with van der Waals surface area (Å²) in [6, 6.07) is 13.1. The van der Waals surface area contributed by atoms with Gasteiger partial charge in [-0.25, -0.2) is 14.5 Å². The zero-order valence-corrected chi connectivity index (χ0v) is 21.8. The molecule has 5 rings (SSSR count). The van der Waals surface area contributed by atoms with Crippen LogP contribution < -0.4 is 9.64 Å². The first-order valence-corrected chi connectivity index (χ1v) is 12.6. The first-order chi connectivity index (χ1) is 18.0. The van der Waals surface area contributed by atoms with E-state index in [0.29, 0.717) is 41.9 Å². The topological polar surface area (TPSA) is 91.2 Å². The molecule has 0 unspecified atom stereocenters. The van der Waals surface area contributed by atoms with Crippen LogP contribution in [0.1, 0.15) is 5.56 Å². The molecule has 3 heterocycles. The lowest BCUT2D eigenvalue weighted by Crippen LogP contribution is -2.48. The molecule has 1 amide bonds. The summed E-state index contributed by atoms with van der Waals surface area (Å²) in [5, 5.41) is 5.16. The maximum atomic E-state index is 11.7. The second-order valence-electron chi connectivity index (χ2n) is 8.77. The zero-order chi connectivity index (χ0) is 25.8. The van der Waals surface area contributed by atoms with E-state index in [0.717, 1.165) is 24.5 Å². The van der Waals surface area contributed by atoms with Gasteiger partial charge in [-0.15, -0.1) is 0 Å². The van der Waals surface area contributed by atoms with Gasteiger partial charge in [-0.2, -0.15) is 5.10 Å². The maximum Gasteiger partial charge on any atom is 0.409 e. The molecule has 2 aliphatic rings. The van der Waals surface area contributed by atoms with Gasteiger partial charge in [0.2, 0.25) is 5.79 Å². The highest BCUT2D eigenvalue weighted by atomic mass is 35.5. The van der Waals surface area contributed by atoms with Gasteiger partial charge in [0.15, 0.2) is 0 Å². The van der Waals surface area contributed by atoms with Crippen LogP contribution in [0, 0.1) is 0 Å². The molecule has 2 aromatic carbocycles. The van der Waals surface area contributed by atoms with E-state index < -0.39 is 5.79 Å². The van der Waals surface area contributed by atoms with Gasteiger partial charge in [-0.05, 0) is 36.4 Å². The van der Waals surface area contributed by atoms with Crippen LogP contribution in [-0.2, 0) is 26.5 Å². The Kier molecular flexibility index (Phi) is 7.71. The quantitative estimate of drug-likeness (QED) is 0.440. The molecule has 2 fully saturated rings. The van der Waals surface area contributed by atoms with Gasteiger partial charge in [0.25, 0.3) is 0 Å². The van der Waals surface area contributed by atoms with E-state index in [1.165, 1.54) is 13.4 Å². The van der Waals surface area contributed by atoms with Crippen molar-refractivity contribution in [1.29, 1.82) is 0 Å². The lowest BCUT2D eigenvalue weighted by molar-refractivity contribution is -0.190. The average molecular weight is 548 g/mol. The molecule has 0 bridgehead atoms. The second kappa shape index (κ2) is 11.1. The van der Waals surface area contributed by atoms with Crippen LogP contribution in [-0.4, -0.2) is 78.4 Å². The highest BCUT2D eigenvalue weighted by molar-refractivity contribution is 6.35. The third kappa shape index (κ3) is 5.77. The fourth-order valence-corrected chi connectivity index (χ4v) is 5.05. The van der Waals surface area contributed by atoms with Crippen molar-refractivity contribution in [3.63, 3.8) is 0 Å². The van der Waals surface area contributed by atoms with Crippen LogP contribution in [0.4, 0.5) is 10.5 Å². The first-order valence-electron chi connectivity index (χ1n) is 11.9. The van der Waals surface area contributed by atoms with Crippen LogP contribution in [0.3, 0.4) is 0 Å². The summed E-state index contributed by atoms with van der Waals surface area (Å²) >= 11 is 12.6. The average Bonchev–Trinajstić information content (AvgIpc) is 3.58. The molecule has 2 atom stereocenters. The molecule has 2 aliphatic heterocycles. The van der Waals surface area contributed by atoms with Crippen LogP contribution >= 0.6 is 23.2 Å². The number of ether oxygens (including phenoxy) is 4. The Bertz CT molecular complexity index is 1200. The van der Waals surface area contributed by atoms with E-state index in [1.54, 1.807) is 34.1 Å². The Hall–Kier alpha value is -3.05. The van der Waals surface area contributed by atoms with Gasteiger partial charge in [-0.1, -0.05) is 29.3 Å². The number of anilines is 1. The number of carbonyl (C=O) groups is 1. The van der Waals surface area contributed by atoms with Crippen molar-refractivity contribution >= 4 is 35.0 Å². The predicted octanol–water partition coefficient (Wildman–Crippen LogP) is 3.82. The van der Waals surface area contributed by atoms with Crippen LogP contribution in [0.25, 0.3) is 0 Å². The lowest BCUT2D eigenvalue weighted by Gasteiger charge is -2.35. The van der Waals surface area contributed by atoms with Crippen molar-refractivity contribution in [3.8, 4) is 5.75 Å². The Morgan fingerprint density at radius 1 is 1.14 bits per heavy atom. The summed E-state index contributed by atoms with van der Waals surface area (Å²) in [6.07, 6.45) is 2.43. The number of piperazine rings is 1. The number of carbonyl (C=O) groups excluding carboxylic acids is 1. The minimum absolute atomic E-state index is 0.267. The summed E-state index contributed by atoms with van der Waals surface area (Å²) in [7, 11) is 1.40. The van der Waals surface area contributed by atoms with Gasteiger partial charge in [0.05, 0.1) is 18.7 Å². The number of rotatable bonds is 7. The van der Waals surface area contributed by atoms with Crippen molar-refractivity contribution in [1.82, 2.24) is 19.7 Å². The third-order valence-corrected chi connectivity index (χ3v) is 6.94. The molecule has 1 aromatic heterocycles. The molecule has 0 saturated carbocycles. The fourth-order valence-electron chi connectivity index (χ4n) is 4.50. The summed E-state index contributed by atoms with van der Waals surface area (Å²) in [5.74, 6) is -0.432. The van der Waals surface area contributed by atoms with Gasteiger partial charge in [-0.3, -0.25) is 0 Å². The monoisotopic (exact) mass is 547 g/mol. The highest BCUT2D eigenvalue weighted by Gasteiger charge is 2.45. The molecule has 0 N–H and O–H groups in total. The van der Waals surface area contributed by atoms with Crippen molar-refractivity contribution in [2.45, 2.75) is 18.4 Å². The predicted molar refractivity (Wildman–Crippen MR) is 137 cm³/mol. The zero-order valence-electron chi connectivity index (χ0n) is 20.3. The Balaban J connectivity index is 1.20. The summed E-state index contributed by atoms with van der Waals surface area (Å²) < 4.78 is 25.1. The Morgan fingerprint density at radius 2 is 1.92 bits per heavy atom. The van der Waals surface area contributed by atoms with E-state index in [-0.39, 0.29) is 18.7 Å². The number of amides is 1. The number of hydrogen-bond acceptors (Lipinski definition) is 8. The van der Waals surface area contributed by atoms with E-state index in [1.807, 2.05) is 24.3 Å². The Morgan fingerprint density at radius 3 is 2.59 bits per heavy atom. The standard InChI is InChI=1S/C25H27Cl2N5O5/c1-34-24(33)31-10-8-30(9-11-31)19-3-5-20(6-4-19)35-13-21-14-36-25(37-21,15-32-17-28-16-29-32)22-7-2-18(26)12-23(22)27/h2-7,12,16-17,21H,8-11,13-15H2,1H3/t21-,25-/m1/s1. The first kappa shape index (κ1) is 25.6. The van der Waals surface area contributed by atoms with E-state index in [4.69, 9.17) is 42.1 Å². The van der Waals surface area contributed by atoms with Crippen molar-refractivity contribution in [3.05, 3.63) is 70.7 Å². The third-order valence-electron chi connectivity index (χ3n) is 6.39. The van der Waals surface area contributed by atoms with Gasteiger partial charge in [0, 0.05) is 42.5 Å². The minimum atomic E-state index is -1.15. The molecule has 0 aliphatic carbocycles. The van der Waals surface area contributed by atoms with E-state index in [9.17, 15) is 4.79 Å². The number of methoxy groups -OCH3 is 1. The maximum absolute atomic E-state index is 11.7. The molecule has 10 nitrogen and oxygen atoms in total. The number of hydrogen-bond donors (Lipinski definition) is 0. The smallest absolute Gasteiger partial charge is 0.409 e. The SMILES string of the molecule is COC(=O)N1CCN(c2ccc(OC[C@@H]3CO[C@@](Cn4cncn4)(c4ccc(Cl)cc4Cl)O3)cc2)CC1. The fraction of sp³-hybridized carbons (Fsp3) is 0.400. The Labute approximate surface area is 224 Å². The molecule has 196 valence electrons. The van der Waals surface area contributed by atoms with E-state index in [2.05, 4.69) is 15.0 Å². The minimum Gasteiger partial charge on any atom is -0.491 e. The summed E-state index contributed by atoms with van der Waals surface area (Å²) in [4.78, 5) is 19.6. The molecule has 37 heavy (non-hydrogen) atoms. The molecule has 0 spiro atoms. The van der Waals surface area contributed by atoms with Crippen molar-refractivity contribution in [2.75, 3.05) is 51.4 Å². The van der Waals surface area contributed by atoms with Crippen LogP contribution in [0.15, 0.2) is 55.1 Å².